The molecule has 0 radical (unpaired) electrons. The van der Waals surface area contributed by atoms with Crippen molar-refractivity contribution in [3.8, 4) is 0 Å². The molecule has 3 heteroatoms. The van der Waals surface area contributed by atoms with E-state index in [2.05, 4.69) is 44.0 Å². The number of hydrogen-bond donors (Lipinski definition) is 1. The van der Waals surface area contributed by atoms with Gasteiger partial charge in [-0.25, -0.2) is 0 Å². The first-order valence-corrected chi connectivity index (χ1v) is 8.04. The molecule has 0 amide bonds. The van der Waals surface area contributed by atoms with E-state index < -0.39 is 0 Å². The van der Waals surface area contributed by atoms with Gasteiger partial charge in [-0.3, -0.25) is 4.90 Å². The summed E-state index contributed by atoms with van der Waals surface area (Å²) in [6, 6.07) is 2.96. The first-order chi connectivity index (χ1) is 9.49. The summed E-state index contributed by atoms with van der Waals surface area (Å²) in [5.41, 5.74) is 1.48. The van der Waals surface area contributed by atoms with Crippen LogP contribution in [0.15, 0.2) is 16.7 Å². The van der Waals surface area contributed by atoms with Crippen LogP contribution in [0, 0.1) is 0 Å². The highest BCUT2D eigenvalue weighted by atomic mass is 16.3. The van der Waals surface area contributed by atoms with Gasteiger partial charge < -0.3 is 9.73 Å². The Morgan fingerprint density at radius 3 is 2.70 bits per heavy atom. The van der Waals surface area contributed by atoms with Crippen LogP contribution in [0.5, 0.6) is 0 Å². The van der Waals surface area contributed by atoms with Gasteiger partial charge in [-0.1, -0.05) is 13.3 Å². The van der Waals surface area contributed by atoms with E-state index in [1.165, 1.54) is 37.8 Å². The van der Waals surface area contributed by atoms with Crippen molar-refractivity contribution in [3.63, 3.8) is 0 Å². The van der Waals surface area contributed by atoms with Crippen LogP contribution in [0.1, 0.15) is 64.7 Å². The highest BCUT2D eigenvalue weighted by Crippen LogP contribution is 2.29. The summed E-state index contributed by atoms with van der Waals surface area (Å²) in [6.07, 6.45) is 7.14. The molecule has 1 fully saturated rings. The Kier molecular flexibility index (Phi) is 5.28. The van der Waals surface area contributed by atoms with Gasteiger partial charge in [-0.15, -0.1) is 0 Å². The molecule has 0 bridgehead atoms. The van der Waals surface area contributed by atoms with Crippen molar-refractivity contribution >= 4 is 0 Å². The standard InChI is InChI=1S/C17H30N2O/c1-5-6-10-19(15-7-8-15)13-14-9-11-20-16(14)12-18-17(2,3)4/h9,11,15,18H,5-8,10,12-13H2,1-4H3. The maximum atomic E-state index is 5.68. The third kappa shape index (κ3) is 4.95. The van der Waals surface area contributed by atoms with Crippen molar-refractivity contribution in [2.75, 3.05) is 6.54 Å². The average molecular weight is 278 g/mol. The molecule has 0 aromatic carbocycles. The fraction of sp³-hybridized carbons (Fsp3) is 0.765. The van der Waals surface area contributed by atoms with Gasteiger partial charge in [0.15, 0.2) is 0 Å². The van der Waals surface area contributed by atoms with E-state index >= 15 is 0 Å². The number of rotatable bonds is 8. The molecule has 3 nitrogen and oxygen atoms in total. The number of hydrogen-bond acceptors (Lipinski definition) is 3. The lowest BCUT2D eigenvalue weighted by atomic mass is 10.1. The molecule has 20 heavy (non-hydrogen) atoms. The van der Waals surface area contributed by atoms with E-state index in [0.29, 0.717) is 0 Å². The highest BCUT2D eigenvalue weighted by molar-refractivity contribution is 5.17. The molecule has 1 aromatic heterocycles. The van der Waals surface area contributed by atoms with E-state index in [4.69, 9.17) is 4.42 Å². The maximum Gasteiger partial charge on any atom is 0.122 e. The predicted octanol–water partition coefficient (Wildman–Crippen LogP) is 3.93. The topological polar surface area (TPSA) is 28.4 Å². The van der Waals surface area contributed by atoms with Crippen molar-refractivity contribution in [2.24, 2.45) is 0 Å². The first-order valence-electron chi connectivity index (χ1n) is 8.04. The quantitative estimate of drug-likeness (QED) is 0.781. The third-order valence-corrected chi connectivity index (χ3v) is 3.85. The Morgan fingerprint density at radius 1 is 1.35 bits per heavy atom. The molecule has 1 aromatic rings. The van der Waals surface area contributed by atoms with E-state index in [-0.39, 0.29) is 5.54 Å². The number of unbranched alkanes of at least 4 members (excludes halogenated alkanes) is 1. The Labute approximate surface area is 123 Å². The van der Waals surface area contributed by atoms with Gasteiger partial charge in [0.1, 0.15) is 5.76 Å². The van der Waals surface area contributed by atoms with Crippen LogP contribution in [0.4, 0.5) is 0 Å². The van der Waals surface area contributed by atoms with Gasteiger partial charge >= 0.3 is 0 Å². The molecule has 2 rings (SSSR count). The van der Waals surface area contributed by atoms with Crippen LogP contribution in [0.25, 0.3) is 0 Å². The lowest BCUT2D eigenvalue weighted by molar-refractivity contribution is 0.248. The van der Waals surface area contributed by atoms with E-state index in [0.717, 1.165) is 24.9 Å². The molecule has 1 aliphatic rings. The molecule has 114 valence electrons. The van der Waals surface area contributed by atoms with E-state index in [1.54, 1.807) is 0 Å². The minimum Gasteiger partial charge on any atom is -0.468 e. The van der Waals surface area contributed by atoms with Gasteiger partial charge in [0.25, 0.3) is 0 Å². The van der Waals surface area contributed by atoms with Crippen LogP contribution in [0.3, 0.4) is 0 Å². The second-order valence-electron chi connectivity index (χ2n) is 7.03. The van der Waals surface area contributed by atoms with Crippen molar-refractivity contribution < 1.29 is 4.42 Å². The van der Waals surface area contributed by atoms with Crippen molar-refractivity contribution in [1.82, 2.24) is 10.2 Å². The summed E-state index contributed by atoms with van der Waals surface area (Å²) in [4.78, 5) is 2.63. The number of nitrogens with one attached hydrogen (secondary N) is 1. The predicted molar refractivity (Wildman–Crippen MR) is 83.6 cm³/mol. The highest BCUT2D eigenvalue weighted by Gasteiger charge is 2.29. The smallest absolute Gasteiger partial charge is 0.122 e. The Morgan fingerprint density at radius 2 is 2.10 bits per heavy atom. The van der Waals surface area contributed by atoms with Crippen molar-refractivity contribution in [2.45, 2.75) is 78.0 Å². The summed E-state index contributed by atoms with van der Waals surface area (Å²) in [6.45, 7) is 11.9. The summed E-state index contributed by atoms with van der Waals surface area (Å²) in [5, 5.41) is 3.51. The van der Waals surface area contributed by atoms with Crippen LogP contribution >= 0.6 is 0 Å². The number of nitrogens with zero attached hydrogens (tertiary/aromatic N) is 1. The van der Waals surface area contributed by atoms with Crippen LogP contribution in [0.2, 0.25) is 0 Å². The zero-order valence-corrected chi connectivity index (χ0v) is 13.5. The largest absolute Gasteiger partial charge is 0.468 e. The average Bonchev–Trinajstić information content (AvgIpc) is 3.12. The zero-order chi connectivity index (χ0) is 14.6. The molecule has 1 heterocycles. The van der Waals surface area contributed by atoms with Crippen LogP contribution < -0.4 is 5.32 Å². The molecule has 0 saturated heterocycles. The molecule has 0 unspecified atom stereocenters. The number of furan rings is 1. The first kappa shape index (κ1) is 15.6. The fourth-order valence-electron chi connectivity index (χ4n) is 2.42. The monoisotopic (exact) mass is 278 g/mol. The van der Waals surface area contributed by atoms with Gasteiger partial charge in [-0.05, 0) is 52.6 Å². The van der Waals surface area contributed by atoms with E-state index in [9.17, 15) is 0 Å². The molecule has 1 N–H and O–H groups in total. The summed E-state index contributed by atoms with van der Waals surface area (Å²) < 4.78 is 5.68. The molecular weight excluding hydrogens is 248 g/mol. The van der Waals surface area contributed by atoms with Gasteiger partial charge in [0.2, 0.25) is 0 Å². The van der Waals surface area contributed by atoms with Gasteiger partial charge in [0.05, 0.1) is 12.8 Å². The molecule has 0 atom stereocenters. The van der Waals surface area contributed by atoms with Crippen LogP contribution in [-0.2, 0) is 13.1 Å². The summed E-state index contributed by atoms with van der Waals surface area (Å²) in [5.74, 6) is 1.10. The molecule has 1 aliphatic carbocycles. The van der Waals surface area contributed by atoms with Crippen LogP contribution in [-0.4, -0.2) is 23.0 Å². The summed E-state index contributed by atoms with van der Waals surface area (Å²) in [7, 11) is 0. The fourth-order valence-corrected chi connectivity index (χ4v) is 2.42. The lowest BCUT2D eigenvalue weighted by Gasteiger charge is -2.23. The molecule has 1 saturated carbocycles. The molecular formula is C17H30N2O. The van der Waals surface area contributed by atoms with Gasteiger partial charge in [0, 0.05) is 23.7 Å². The second kappa shape index (κ2) is 6.77. The minimum atomic E-state index is 0.127. The van der Waals surface area contributed by atoms with E-state index in [1.807, 2.05) is 6.26 Å². The normalized spacial score (nSPS) is 16.1. The Bertz CT molecular complexity index is 401. The third-order valence-electron chi connectivity index (χ3n) is 3.85. The van der Waals surface area contributed by atoms with Crippen molar-refractivity contribution in [3.05, 3.63) is 23.7 Å². The lowest BCUT2D eigenvalue weighted by Crippen LogP contribution is -2.35. The Balaban J connectivity index is 1.92. The summed E-state index contributed by atoms with van der Waals surface area (Å²) >= 11 is 0. The van der Waals surface area contributed by atoms with Crippen molar-refractivity contribution in [1.29, 1.82) is 0 Å². The SMILES string of the molecule is CCCCN(Cc1ccoc1CNC(C)(C)C)C1CC1. The Hall–Kier alpha value is -0.800. The molecule has 0 spiro atoms. The molecule has 0 aliphatic heterocycles. The van der Waals surface area contributed by atoms with Gasteiger partial charge in [-0.2, -0.15) is 0 Å². The maximum absolute atomic E-state index is 5.68. The second-order valence-corrected chi connectivity index (χ2v) is 7.03. The zero-order valence-electron chi connectivity index (χ0n) is 13.5. The minimum absolute atomic E-state index is 0.127.